The summed E-state index contributed by atoms with van der Waals surface area (Å²) in [5, 5.41) is 12.3. The molecule has 2 aromatic carbocycles. The van der Waals surface area contributed by atoms with Crippen molar-refractivity contribution in [2.75, 3.05) is 5.32 Å². The van der Waals surface area contributed by atoms with Crippen molar-refractivity contribution in [1.82, 2.24) is 0 Å². The zero-order valence-electron chi connectivity index (χ0n) is 11.4. The third kappa shape index (κ3) is 3.31. The van der Waals surface area contributed by atoms with Gasteiger partial charge < -0.3 is 5.32 Å². The topological polar surface area (TPSA) is 35.8 Å². The highest BCUT2D eigenvalue weighted by Gasteiger charge is 2.02. The minimum atomic E-state index is 0.677. The van der Waals surface area contributed by atoms with Crippen LogP contribution in [0.1, 0.15) is 10.4 Å². The summed E-state index contributed by atoms with van der Waals surface area (Å²) >= 11 is 1.79. The van der Waals surface area contributed by atoms with Gasteiger partial charge in [-0.1, -0.05) is 36.4 Å². The molecule has 0 atom stereocenters. The number of anilines is 1. The monoisotopic (exact) mass is 290 g/mol. The highest BCUT2D eigenvalue weighted by molar-refractivity contribution is 7.15. The third-order valence-electron chi connectivity index (χ3n) is 3.18. The Morgan fingerprint density at radius 1 is 0.952 bits per heavy atom. The van der Waals surface area contributed by atoms with Crippen molar-refractivity contribution in [2.24, 2.45) is 0 Å². The fourth-order valence-corrected chi connectivity index (χ4v) is 3.07. The fourth-order valence-electron chi connectivity index (χ4n) is 2.12. The van der Waals surface area contributed by atoms with E-state index in [1.807, 2.05) is 30.3 Å². The van der Waals surface area contributed by atoms with Gasteiger partial charge in [0.05, 0.1) is 11.6 Å². The summed E-state index contributed by atoms with van der Waals surface area (Å²) in [6.45, 7) is 0.770. The van der Waals surface area contributed by atoms with Crippen molar-refractivity contribution in [1.29, 1.82) is 5.26 Å². The zero-order valence-corrected chi connectivity index (χ0v) is 12.2. The van der Waals surface area contributed by atoms with Crippen LogP contribution in [0.3, 0.4) is 0 Å². The van der Waals surface area contributed by atoms with Crippen molar-refractivity contribution >= 4 is 17.0 Å². The molecule has 102 valence electrons. The van der Waals surface area contributed by atoms with E-state index in [4.69, 9.17) is 5.26 Å². The Labute approximate surface area is 128 Å². The van der Waals surface area contributed by atoms with E-state index in [0.29, 0.717) is 5.56 Å². The van der Waals surface area contributed by atoms with Gasteiger partial charge in [0.1, 0.15) is 0 Å². The van der Waals surface area contributed by atoms with Crippen LogP contribution in [0, 0.1) is 11.3 Å². The van der Waals surface area contributed by atoms with Crippen LogP contribution >= 0.6 is 11.3 Å². The quantitative estimate of drug-likeness (QED) is 0.742. The van der Waals surface area contributed by atoms with E-state index in [9.17, 15) is 0 Å². The fraction of sp³-hybridized carbons (Fsp3) is 0.0556. The van der Waals surface area contributed by atoms with Gasteiger partial charge in [0.15, 0.2) is 0 Å². The maximum absolute atomic E-state index is 8.90. The molecule has 0 bridgehead atoms. The average molecular weight is 290 g/mol. The Bertz CT molecular complexity index is 769. The number of nitriles is 1. The van der Waals surface area contributed by atoms with E-state index in [0.717, 1.165) is 12.2 Å². The highest BCUT2D eigenvalue weighted by atomic mass is 32.1. The van der Waals surface area contributed by atoms with Gasteiger partial charge in [0, 0.05) is 22.0 Å². The standard InChI is InChI=1S/C18H14N2S/c19-12-14-5-4-8-16(11-14)20-13-17-9-10-18(21-17)15-6-2-1-3-7-15/h1-11,20H,13H2. The number of benzene rings is 2. The Hall–Kier alpha value is -2.57. The van der Waals surface area contributed by atoms with Gasteiger partial charge in [0.2, 0.25) is 0 Å². The number of nitrogens with one attached hydrogen (secondary N) is 1. The molecule has 3 heteroatoms. The Balaban J connectivity index is 1.69. The first kappa shape index (κ1) is 13.4. The molecule has 0 aliphatic rings. The molecule has 0 fully saturated rings. The number of nitrogens with zero attached hydrogens (tertiary/aromatic N) is 1. The average Bonchev–Trinajstić information content (AvgIpc) is 3.03. The highest BCUT2D eigenvalue weighted by Crippen LogP contribution is 2.28. The van der Waals surface area contributed by atoms with Crippen molar-refractivity contribution in [3.8, 4) is 16.5 Å². The molecule has 2 nitrogen and oxygen atoms in total. The third-order valence-corrected chi connectivity index (χ3v) is 4.31. The number of hydrogen-bond acceptors (Lipinski definition) is 3. The van der Waals surface area contributed by atoms with Crippen LogP contribution < -0.4 is 5.32 Å². The molecule has 0 radical (unpaired) electrons. The smallest absolute Gasteiger partial charge is 0.0992 e. The molecule has 0 amide bonds. The Kier molecular flexibility index (Phi) is 3.99. The summed E-state index contributed by atoms with van der Waals surface area (Å²) in [5.41, 5.74) is 2.90. The van der Waals surface area contributed by atoms with Crippen molar-refractivity contribution in [2.45, 2.75) is 6.54 Å². The second-order valence-corrected chi connectivity index (χ2v) is 5.85. The molecule has 3 rings (SSSR count). The Morgan fingerprint density at radius 3 is 2.62 bits per heavy atom. The van der Waals surface area contributed by atoms with Crippen LogP contribution in [0.15, 0.2) is 66.7 Å². The lowest BCUT2D eigenvalue weighted by Gasteiger charge is -2.04. The molecule has 3 aromatic rings. The number of hydrogen-bond donors (Lipinski definition) is 1. The lowest BCUT2D eigenvalue weighted by molar-refractivity contribution is 1.19. The summed E-state index contributed by atoms with van der Waals surface area (Å²) in [4.78, 5) is 2.55. The van der Waals surface area contributed by atoms with Crippen molar-refractivity contribution < 1.29 is 0 Å². The molecule has 21 heavy (non-hydrogen) atoms. The second-order valence-electron chi connectivity index (χ2n) is 4.68. The normalized spacial score (nSPS) is 10.0. The summed E-state index contributed by atoms with van der Waals surface area (Å²) in [7, 11) is 0. The van der Waals surface area contributed by atoms with E-state index in [1.165, 1.54) is 15.3 Å². The molecular formula is C18H14N2S. The van der Waals surface area contributed by atoms with Gasteiger partial charge in [-0.2, -0.15) is 5.26 Å². The second kappa shape index (κ2) is 6.25. The van der Waals surface area contributed by atoms with Crippen LogP contribution in [0.5, 0.6) is 0 Å². The van der Waals surface area contributed by atoms with E-state index >= 15 is 0 Å². The van der Waals surface area contributed by atoms with Gasteiger partial charge in [-0.3, -0.25) is 0 Å². The Morgan fingerprint density at radius 2 is 1.81 bits per heavy atom. The molecule has 1 heterocycles. The van der Waals surface area contributed by atoms with Gasteiger partial charge in [-0.05, 0) is 35.9 Å². The summed E-state index contributed by atoms with van der Waals surface area (Å²) in [5.74, 6) is 0. The van der Waals surface area contributed by atoms with Gasteiger partial charge >= 0.3 is 0 Å². The minimum absolute atomic E-state index is 0.677. The zero-order chi connectivity index (χ0) is 14.5. The van der Waals surface area contributed by atoms with E-state index in [2.05, 4.69) is 47.8 Å². The largest absolute Gasteiger partial charge is 0.380 e. The lowest BCUT2D eigenvalue weighted by Crippen LogP contribution is -1.97. The van der Waals surface area contributed by atoms with Crippen molar-refractivity contribution in [3.63, 3.8) is 0 Å². The lowest BCUT2D eigenvalue weighted by atomic mass is 10.2. The van der Waals surface area contributed by atoms with E-state index in [1.54, 1.807) is 11.3 Å². The van der Waals surface area contributed by atoms with Gasteiger partial charge in [0.25, 0.3) is 0 Å². The molecule has 1 aromatic heterocycles. The van der Waals surface area contributed by atoms with Gasteiger partial charge in [-0.25, -0.2) is 0 Å². The molecule has 0 saturated heterocycles. The first-order valence-electron chi connectivity index (χ1n) is 6.73. The van der Waals surface area contributed by atoms with E-state index in [-0.39, 0.29) is 0 Å². The van der Waals surface area contributed by atoms with Crippen molar-refractivity contribution in [3.05, 3.63) is 77.2 Å². The SMILES string of the molecule is N#Cc1cccc(NCc2ccc(-c3ccccc3)s2)c1. The molecule has 0 saturated carbocycles. The summed E-state index contributed by atoms with van der Waals surface area (Å²) in [6, 6.07) is 24.4. The molecule has 1 N–H and O–H groups in total. The van der Waals surface area contributed by atoms with Crippen LogP contribution in [-0.2, 0) is 6.54 Å². The molecule has 0 unspecified atom stereocenters. The first-order chi connectivity index (χ1) is 10.3. The number of thiophene rings is 1. The maximum Gasteiger partial charge on any atom is 0.0992 e. The predicted molar refractivity (Wildman–Crippen MR) is 88.2 cm³/mol. The van der Waals surface area contributed by atoms with Crippen LogP contribution in [0.2, 0.25) is 0 Å². The first-order valence-corrected chi connectivity index (χ1v) is 7.55. The summed E-state index contributed by atoms with van der Waals surface area (Å²) < 4.78 is 0. The maximum atomic E-state index is 8.90. The molecule has 0 spiro atoms. The van der Waals surface area contributed by atoms with Crippen LogP contribution in [0.4, 0.5) is 5.69 Å². The minimum Gasteiger partial charge on any atom is -0.380 e. The molecular weight excluding hydrogens is 276 g/mol. The van der Waals surface area contributed by atoms with E-state index < -0.39 is 0 Å². The predicted octanol–water partition coefficient (Wildman–Crippen LogP) is 4.90. The summed E-state index contributed by atoms with van der Waals surface area (Å²) in [6.07, 6.45) is 0. The van der Waals surface area contributed by atoms with Crippen LogP contribution in [-0.4, -0.2) is 0 Å². The molecule has 0 aliphatic carbocycles. The van der Waals surface area contributed by atoms with Gasteiger partial charge in [-0.15, -0.1) is 11.3 Å². The number of rotatable bonds is 4. The molecule has 0 aliphatic heterocycles. The van der Waals surface area contributed by atoms with Crippen LogP contribution in [0.25, 0.3) is 10.4 Å².